The van der Waals surface area contributed by atoms with E-state index in [1.54, 1.807) is 0 Å². The van der Waals surface area contributed by atoms with Crippen LogP contribution in [0.25, 0.3) is 0 Å². The van der Waals surface area contributed by atoms with E-state index >= 15 is 0 Å². The maximum atomic E-state index is 11.6. The normalized spacial score (nSPS) is 13.6. The highest BCUT2D eigenvalue weighted by atomic mass is 79.9. The Balaban J connectivity index is 2.92. The lowest BCUT2D eigenvalue weighted by Crippen LogP contribution is -2.13. The Morgan fingerprint density at radius 1 is 1.43 bits per heavy atom. The van der Waals surface area contributed by atoms with Crippen LogP contribution in [0, 0.1) is 0 Å². The highest BCUT2D eigenvalue weighted by molar-refractivity contribution is 9.13. The molecule has 0 aliphatic rings. The van der Waals surface area contributed by atoms with E-state index in [1.165, 1.54) is 0 Å². The fourth-order valence-corrected chi connectivity index (χ4v) is 3.62. The Hall–Kier alpha value is 0.800. The van der Waals surface area contributed by atoms with Crippen molar-refractivity contribution < 1.29 is 4.21 Å². The van der Waals surface area contributed by atoms with Crippen molar-refractivity contribution in [1.82, 2.24) is 9.55 Å². The fraction of sp³-hybridized carbons (Fsp3) is 0.571. The van der Waals surface area contributed by atoms with Gasteiger partial charge in [0, 0.05) is 16.0 Å². The van der Waals surface area contributed by atoms with Crippen LogP contribution in [0.4, 0.5) is 0 Å². The zero-order valence-corrected chi connectivity index (χ0v) is 13.2. The molecule has 80 valence electrons. The molecule has 0 aliphatic carbocycles. The Morgan fingerprint density at radius 2 is 2.00 bits per heavy atom. The van der Waals surface area contributed by atoms with Crippen LogP contribution in [0.1, 0.15) is 13.8 Å². The molecule has 0 radical (unpaired) electrons. The maximum Gasteiger partial charge on any atom is 0.179 e. The molecule has 3 nitrogen and oxygen atoms in total. The van der Waals surface area contributed by atoms with Gasteiger partial charge in [0.1, 0.15) is 15.1 Å². The van der Waals surface area contributed by atoms with Gasteiger partial charge in [-0.3, -0.25) is 8.78 Å². The second-order valence-corrected chi connectivity index (χ2v) is 7.12. The molecular weight excluding hydrogens is 400 g/mol. The maximum absolute atomic E-state index is 11.6. The third kappa shape index (κ3) is 2.90. The quantitative estimate of drug-likeness (QED) is 0.769. The van der Waals surface area contributed by atoms with Crippen molar-refractivity contribution in [1.29, 1.82) is 0 Å². The SMILES string of the molecule is CC(C)S(=O)Cn1c(Br)nc(Br)c1Br. The molecule has 1 unspecified atom stereocenters. The lowest BCUT2D eigenvalue weighted by Gasteiger charge is -2.08. The van der Waals surface area contributed by atoms with Crippen molar-refractivity contribution in [2.24, 2.45) is 0 Å². The summed E-state index contributed by atoms with van der Waals surface area (Å²) in [5.41, 5.74) is 0. The largest absolute Gasteiger partial charge is 0.300 e. The molecule has 14 heavy (non-hydrogen) atoms. The summed E-state index contributed by atoms with van der Waals surface area (Å²) in [7, 11) is -0.888. The molecule has 1 heterocycles. The summed E-state index contributed by atoms with van der Waals surface area (Å²) >= 11 is 9.96. The van der Waals surface area contributed by atoms with Gasteiger partial charge in [0.05, 0.1) is 0 Å². The summed E-state index contributed by atoms with van der Waals surface area (Å²) < 4.78 is 15.6. The van der Waals surface area contributed by atoms with Crippen molar-refractivity contribution >= 4 is 58.6 Å². The Bertz CT molecular complexity index is 364. The van der Waals surface area contributed by atoms with Crippen LogP contribution in [-0.2, 0) is 16.7 Å². The number of aromatic nitrogens is 2. The molecule has 0 saturated heterocycles. The molecule has 7 heteroatoms. The van der Waals surface area contributed by atoms with Gasteiger partial charge in [-0.2, -0.15) is 0 Å². The van der Waals surface area contributed by atoms with Gasteiger partial charge in [-0.25, -0.2) is 4.98 Å². The summed E-state index contributed by atoms with van der Waals surface area (Å²) in [5.74, 6) is 0.442. The first-order chi connectivity index (χ1) is 6.43. The average molecular weight is 409 g/mol. The first kappa shape index (κ1) is 12.9. The van der Waals surface area contributed by atoms with Crippen LogP contribution in [0.15, 0.2) is 13.9 Å². The smallest absolute Gasteiger partial charge is 0.179 e. The van der Waals surface area contributed by atoms with Crippen LogP contribution in [0.3, 0.4) is 0 Å². The minimum Gasteiger partial charge on any atom is -0.300 e. The molecule has 0 fully saturated rings. The van der Waals surface area contributed by atoms with E-state index in [9.17, 15) is 4.21 Å². The number of nitrogens with zero attached hydrogens (tertiary/aromatic N) is 2. The molecule has 1 atom stereocenters. The molecular formula is C7H9Br3N2OS. The van der Waals surface area contributed by atoms with Crippen molar-refractivity contribution in [3.05, 3.63) is 13.9 Å². The van der Waals surface area contributed by atoms with E-state index < -0.39 is 10.8 Å². The van der Waals surface area contributed by atoms with Gasteiger partial charge in [-0.15, -0.1) is 0 Å². The van der Waals surface area contributed by atoms with Crippen molar-refractivity contribution in [3.63, 3.8) is 0 Å². The third-order valence-corrected chi connectivity index (χ3v) is 5.66. The predicted molar refractivity (Wildman–Crippen MR) is 68.6 cm³/mol. The van der Waals surface area contributed by atoms with Crippen LogP contribution < -0.4 is 0 Å². The molecule has 1 aromatic rings. The zero-order valence-electron chi connectivity index (χ0n) is 7.63. The van der Waals surface area contributed by atoms with Gasteiger partial charge in [0.2, 0.25) is 0 Å². The van der Waals surface area contributed by atoms with E-state index in [4.69, 9.17) is 0 Å². The van der Waals surface area contributed by atoms with Gasteiger partial charge in [0.25, 0.3) is 0 Å². The second-order valence-electron chi connectivity index (χ2n) is 2.95. The van der Waals surface area contributed by atoms with Crippen LogP contribution in [0.2, 0.25) is 0 Å². The van der Waals surface area contributed by atoms with Gasteiger partial charge in [0.15, 0.2) is 4.73 Å². The topological polar surface area (TPSA) is 34.9 Å². The molecule has 0 aliphatic heterocycles. The van der Waals surface area contributed by atoms with E-state index in [0.29, 0.717) is 15.2 Å². The minimum absolute atomic E-state index is 0.148. The third-order valence-electron chi connectivity index (χ3n) is 1.60. The lowest BCUT2D eigenvalue weighted by molar-refractivity contribution is 0.662. The fourth-order valence-electron chi connectivity index (χ4n) is 0.766. The van der Waals surface area contributed by atoms with Gasteiger partial charge >= 0.3 is 0 Å². The van der Waals surface area contributed by atoms with Gasteiger partial charge < -0.3 is 0 Å². The standard InChI is InChI=1S/C7H9Br3N2OS/c1-4(2)14(13)3-12-6(9)5(8)11-7(12)10/h4H,3H2,1-2H3. The Labute approximate surface area is 111 Å². The first-order valence-corrected chi connectivity index (χ1v) is 7.63. The number of hydrogen-bond acceptors (Lipinski definition) is 2. The van der Waals surface area contributed by atoms with Crippen LogP contribution >= 0.6 is 47.8 Å². The predicted octanol–water partition coefficient (Wildman–Crippen LogP) is 3.29. The molecule has 0 spiro atoms. The minimum atomic E-state index is -0.888. The molecule has 1 aromatic heterocycles. The molecule has 0 aromatic carbocycles. The van der Waals surface area contributed by atoms with Crippen LogP contribution in [-0.4, -0.2) is 19.0 Å². The molecule has 0 saturated carbocycles. The first-order valence-electron chi connectivity index (χ1n) is 3.87. The molecule has 0 amide bonds. The second kappa shape index (κ2) is 5.23. The van der Waals surface area contributed by atoms with Crippen LogP contribution in [0.5, 0.6) is 0 Å². The van der Waals surface area contributed by atoms with Crippen molar-refractivity contribution in [3.8, 4) is 0 Å². The van der Waals surface area contributed by atoms with E-state index in [0.717, 1.165) is 4.60 Å². The monoisotopic (exact) mass is 406 g/mol. The average Bonchev–Trinajstić information content (AvgIpc) is 2.32. The van der Waals surface area contributed by atoms with Crippen molar-refractivity contribution in [2.45, 2.75) is 25.0 Å². The van der Waals surface area contributed by atoms with E-state index in [2.05, 4.69) is 52.8 Å². The molecule has 1 rings (SSSR count). The Kier molecular flexibility index (Phi) is 4.80. The highest BCUT2D eigenvalue weighted by Crippen LogP contribution is 2.27. The van der Waals surface area contributed by atoms with E-state index in [1.807, 2.05) is 18.4 Å². The summed E-state index contributed by atoms with van der Waals surface area (Å²) in [6.45, 7) is 3.87. The number of rotatable bonds is 3. The summed E-state index contributed by atoms with van der Waals surface area (Å²) in [4.78, 5) is 4.14. The summed E-state index contributed by atoms with van der Waals surface area (Å²) in [5, 5.41) is 0.148. The number of imidazole rings is 1. The number of halogens is 3. The summed E-state index contributed by atoms with van der Waals surface area (Å²) in [6.07, 6.45) is 0. The van der Waals surface area contributed by atoms with Gasteiger partial charge in [-0.1, -0.05) is 13.8 Å². The zero-order chi connectivity index (χ0) is 10.9. The highest BCUT2D eigenvalue weighted by Gasteiger charge is 2.14. The lowest BCUT2D eigenvalue weighted by atomic mass is 10.6. The Morgan fingerprint density at radius 3 is 2.36 bits per heavy atom. The summed E-state index contributed by atoms with van der Waals surface area (Å²) in [6, 6.07) is 0. The molecule has 0 N–H and O–H groups in total. The molecule has 0 bridgehead atoms. The van der Waals surface area contributed by atoms with Gasteiger partial charge in [-0.05, 0) is 47.8 Å². The van der Waals surface area contributed by atoms with E-state index in [-0.39, 0.29) is 5.25 Å². The van der Waals surface area contributed by atoms with Crippen molar-refractivity contribution in [2.75, 3.05) is 0 Å². The number of hydrogen-bond donors (Lipinski definition) is 0.